The van der Waals surface area contributed by atoms with Gasteiger partial charge in [-0.15, -0.1) is 0 Å². The molecule has 10 heteroatoms. The number of benzene rings is 1. The van der Waals surface area contributed by atoms with Crippen LogP contribution in [0.3, 0.4) is 0 Å². The summed E-state index contributed by atoms with van der Waals surface area (Å²) in [6.45, 7) is 14.8. The van der Waals surface area contributed by atoms with Crippen LogP contribution >= 0.6 is 0 Å². The van der Waals surface area contributed by atoms with Gasteiger partial charge in [0.05, 0.1) is 32.2 Å². The lowest BCUT2D eigenvalue weighted by Crippen LogP contribution is -2.69. The van der Waals surface area contributed by atoms with Crippen molar-refractivity contribution in [3.05, 3.63) is 29.8 Å². The highest BCUT2D eigenvalue weighted by molar-refractivity contribution is 6.74. The molecule has 2 bridgehead atoms. The molecule has 0 aliphatic carbocycles. The third-order valence-electron chi connectivity index (χ3n) is 8.27. The second kappa shape index (κ2) is 8.52. The number of hydrogen-bond donors (Lipinski definition) is 0. The molecule has 5 rings (SSSR count). The number of nitrogens with zero attached hydrogens (tertiary/aromatic N) is 2. The van der Waals surface area contributed by atoms with E-state index in [1.54, 1.807) is 12.0 Å². The summed E-state index contributed by atoms with van der Waals surface area (Å²) in [5.41, 5.74) is 0.840. The largest absolute Gasteiger partial charge is 0.497 e. The maximum Gasteiger partial charge on any atom is 0.329 e. The first-order valence-electron chi connectivity index (χ1n) is 12.7. The topological polar surface area (TPSA) is 86.8 Å². The van der Waals surface area contributed by atoms with E-state index in [2.05, 4.69) is 33.9 Å². The van der Waals surface area contributed by atoms with Gasteiger partial charge in [-0.25, -0.2) is 4.79 Å². The molecular formula is C26H38N2O7Si. The van der Waals surface area contributed by atoms with Gasteiger partial charge in [0.2, 0.25) is 5.91 Å². The third-order valence-corrected chi connectivity index (χ3v) is 12.7. The molecule has 3 amide bonds. The number of hydrogen-bond acceptors (Lipinski definition) is 7. The summed E-state index contributed by atoms with van der Waals surface area (Å²) in [5, 5.41) is -0.0535. The number of carbonyl (C=O) groups excluding carboxylic acids is 2. The summed E-state index contributed by atoms with van der Waals surface area (Å²) < 4.78 is 31.1. The average Bonchev–Trinajstić information content (AvgIpc) is 3.25. The standard InChI is InChI=1S/C26H38N2O7Si/c1-25(2,3)36(7,8)35-19-17-13-18(29)27(14-15-9-11-16(31-6)12-10-15)24(30)28(17)23-22-21(20(19)32-23)33-26(4,5)34-22/h9-12,17,19-23H,13-14H2,1-8H3/t17-,19-,20+,21+,22+,23+/m0/s1. The van der Waals surface area contributed by atoms with Gasteiger partial charge in [-0.05, 0) is 49.7 Å². The minimum Gasteiger partial charge on any atom is -0.497 e. The SMILES string of the molecule is COc1ccc(CN2C(=O)C[C@H]3[C@H](O[Si](C)(C)C(C)(C)C)[C@H]4O[C@H]([C@@H]5OC(C)(C)O[C@H]45)N3C2=O)cc1. The zero-order chi connectivity index (χ0) is 26.2. The highest BCUT2D eigenvalue weighted by atomic mass is 28.4. The van der Waals surface area contributed by atoms with Crippen molar-refractivity contribution in [1.82, 2.24) is 9.80 Å². The van der Waals surface area contributed by atoms with E-state index in [9.17, 15) is 9.59 Å². The van der Waals surface area contributed by atoms with E-state index in [0.717, 1.165) is 5.56 Å². The third kappa shape index (κ3) is 4.16. The number of carbonyl (C=O) groups is 2. The molecule has 0 aromatic heterocycles. The van der Waals surface area contributed by atoms with Crippen LogP contribution in [-0.4, -0.2) is 79.6 Å². The number of amides is 3. The Bertz CT molecular complexity index is 1040. The summed E-state index contributed by atoms with van der Waals surface area (Å²) in [6.07, 6.45) is -2.18. The summed E-state index contributed by atoms with van der Waals surface area (Å²) in [7, 11) is -0.669. The Labute approximate surface area is 214 Å². The molecule has 36 heavy (non-hydrogen) atoms. The summed E-state index contributed by atoms with van der Waals surface area (Å²) in [6, 6.07) is 6.55. The molecular weight excluding hydrogens is 480 g/mol. The second-order valence-electron chi connectivity index (χ2n) is 12.2. The van der Waals surface area contributed by atoms with Crippen molar-refractivity contribution >= 4 is 20.3 Å². The first kappa shape index (κ1) is 25.7. The highest BCUT2D eigenvalue weighted by Crippen LogP contribution is 2.49. The molecule has 0 radical (unpaired) electrons. The Morgan fingerprint density at radius 3 is 2.31 bits per heavy atom. The van der Waals surface area contributed by atoms with E-state index >= 15 is 0 Å². The van der Waals surface area contributed by atoms with E-state index < -0.39 is 44.7 Å². The second-order valence-corrected chi connectivity index (χ2v) is 16.9. The minimum absolute atomic E-state index is 0.0535. The molecule has 4 saturated heterocycles. The molecule has 9 nitrogen and oxygen atoms in total. The summed E-state index contributed by atoms with van der Waals surface area (Å²) in [5.74, 6) is -0.287. The fraction of sp³-hybridized carbons (Fsp3) is 0.692. The highest BCUT2D eigenvalue weighted by Gasteiger charge is 2.67. The molecule has 0 saturated carbocycles. The van der Waals surface area contributed by atoms with Gasteiger partial charge in [0.15, 0.2) is 20.3 Å². The van der Waals surface area contributed by atoms with Crippen LogP contribution in [0.4, 0.5) is 4.79 Å². The predicted molar refractivity (Wildman–Crippen MR) is 134 cm³/mol. The van der Waals surface area contributed by atoms with Gasteiger partial charge < -0.3 is 23.4 Å². The fourth-order valence-corrected chi connectivity index (χ4v) is 6.72. The number of ether oxygens (including phenoxy) is 4. The van der Waals surface area contributed by atoms with Crippen LogP contribution in [0.25, 0.3) is 0 Å². The first-order valence-corrected chi connectivity index (χ1v) is 15.6. The lowest BCUT2D eigenvalue weighted by molar-refractivity contribution is -0.244. The normalized spacial score (nSPS) is 33.6. The molecule has 4 aliphatic heterocycles. The van der Waals surface area contributed by atoms with Crippen LogP contribution in [0.15, 0.2) is 24.3 Å². The van der Waals surface area contributed by atoms with Crippen LogP contribution in [0, 0.1) is 0 Å². The molecule has 0 spiro atoms. The van der Waals surface area contributed by atoms with Crippen LogP contribution in [-0.2, 0) is 30.0 Å². The maximum atomic E-state index is 13.9. The van der Waals surface area contributed by atoms with E-state index in [1.807, 2.05) is 38.1 Å². The van der Waals surface area contributed by atoms with Gasteiger partial charge in [0.25, 0.3) is 0 Å². The number of fused-ring (bicyclic) bond motifs is 7. The van der Waals surface area contributed by atoms with Crippen LogP contribution in [0.5, 0.6) is 5.75 Å². The summed E-state index contributed by atoms with van der Waals surface area (Å²) in [4.78, 5) is 30.3. The molecule has 0 unspecified atom stereocenters. The van der Waals surface area contributed by atoms with Gasteiger partial charge in [0, 0.05) is 0 Å². The molecule has 198 valence electrons. The van der Waals surface area contributed by atoms with Crippen molar-refractivity contribution < 1.29 is 33.0 Å². The van der Waals surface area contributed by atoms with Gasteiger partial charge in [0.1, 0.15) is 24.1 Å². The zero-order valence-corrected chi connectivity index (χ0v) is 23.4. The monoisotopic (exact) mass is 518 g/mol. The molecule has 1 aromatic rings. The molecule has 4 aliphatic rings. The smallest absolute Gasteiger partial charge is 0.329 e. The number of rotatable bonds is 5. The van der Waals surface area contributed by atoms with Gasteiger partial charge in [-0.1, -0.05) is 32.9 Å². The van der Waals surface area contributed by atoms with Gasteiger partial charge in [-0.3, -0.25) is 14.6 Å². The van der Waals surface area contributed by atoms with E-state index in [4.69, 9.17) is 23.4 Å². The minimum atomic E-state index is -2.27. The fourth-order valence-electron chi connectivity index (χ4n) is 5.39. The Kier molecular flexibility index (Phi) is 6.07. The molecule has 0 N–H and O–H groups in total. The molecule has 1 aromatic carbocycles. The van der Waals surface area contributed by atoms with Crippen molar-refractivity contribution in [1.29, 1.82) is 0 Å². The van der Waals surface area contributed by atoms with Crippen molar-refractivity contribution in [2.24, 2.45) is 0 Å². The van der Waals surface area contributed by atoms with E-state index in [-0.39, 0.29) is 36.0 Å². The van der Waals surface area contributed by atoms with Crippen LogP contribution in [0.1, 0.15) is 46.6 Å². The van der Waals surface area contributed by atoms with E-state index in [0.29, 0.717) is 5.75 Å². The van der Waals surface area contributed by atoms with Crippen LogP contribution in [0.2, 0.25) is 18.1 Å². The van der Waals surface area contributed by atoms with Gasteiger partial charge in [-0.2, -0.15) is 0 Å². The Morgan fingerprint density at radius 2 is 1.69 bits per heavy atom. The number of imide groups is 1. The van der Waals surface area contributed by atoms with Gasteiger partial charge >= 0.3 is 6.03 Å². The lowest BCUT2D eigenvalue weighted by Gasteiger charge is -2.52. The lowest BCUT2D eigenvalue weighted by atomic mass is 9.96. The van der Waals surface area contributed by atoms with Crippen molar-refractivity contribution in [3.8, 4) is 5.75 Å². The number of urea groups is 1. The summed E-state index contributed by atoms with van der Waals surface area (Å²) >= 11 is 0. The Hall–Kier alpha value is -1.98. The van der Waals surface area contributed by atoms with Crippen molar-refractivity contribution in [3.63, 3.8) is 0 Å². The molecule has 6 atom stereocenters. The predicted octanol–water partition coefficient (Wildman–Crippen LogP) is 3.87. The molecule has 4 fully saturated rings. The van der Waals surface area contributed by atoms with Crippen molar-refractivity contribution in [2.75, 3.05) is 7.11 Å². The Morgan fingerprint density at radius 1 is 1.06 bits per heavy atom. The quantitative estimate of drug-likeness (QED) is 0.547. The van der Waals surface area contributed by atoms with Crippen LogP contribution < -0.4 is 4.74 Å². The van der Waals surface area contributed by atoms with Crippen molar-refractivity contribution in [2.45, 2.75) is 108 Å². The van der Waals surface area contributed by atoms with E-state index in [1.165, 1.54) is 4.90 Å². The maximum absolute atomic E-state index is 13.9. The number of methoxy groups -OCH3 is 1. The zero-order valence-electron chi connectivity index (χ0n) is 22.4. The Balaban J connectivity index is 1.48. The first-order chi connectivity index (χ1) is 16.7. The molecule has 4 heterocycles. The average molecular weight is 519 g/mol.